The second-order valence-electron chi connectivity index (χ2n) is 4.40. The molecule has 0 aromatic carbocycles. The Labute approximate surface area is 105 Å². The predicted octanol–water partition coefficient (Wildman–Crippen LogP) is 1.85. The molecule has 2 rings (SSSR count). The summed E-state index contributed by atoms with van der Waals surface area (Å²) in [6.07, 6.45) is 5.98. The van der Waals surface area contributed by atoms with Crippen LogP contribution in [0.2, 0.25) is 0 Å². The highest BCUT2D eigenvalue weighted by Crippen LogP contribution is 2.42. The summed E-state index contributed by atoms with van der Waals surface area (Å²) < 4.78 is 10.7. The average Bonchev–Trinajstić information content (AvgIpc) is 2.75. The van der Waals surface area contributed by atoms with E-state index in [0.717, 1.165) is 31.4 Å². The molecular weight excluding hydrogens is 238 g/mol. The number of ether oxygens (including phenoxy) is 1. The Morgan fingerprint density at radius 3 is 2.88 bits per heavy atom. The van der Waals surface area contributed by atoms with Gasteiger partial charge < -0.3 is 15.0 Å². The molecule has 1 atom stereocenters. The van der Waals surface area contributed by atoms with Crippen molar-refractivity contribution in [1.82, 2.24) is 10.1 Å². The molecule has 1 aliphatic rings. The smallest absolute Gasteiger partial charge is 0.243 e. The van der Waals surface area contributed by atoms with Crippen molar-refractivity contribution in [2.24, 2.45) is 5.73 Å². The Kier molecular flexibility index (Phi) is 4.06. The van der Waals surface area contributed by atoms with E-state index in [9.17, 15) is 0 Å². The van der Waals surface area contributed by atoms with E-state index >= 15 is 0 Å². The van der Waals surface area contributed by atoms with Gasteiger partial charge in [0.05, 0.1) is 6.04 Å². The third-order valence-corrected chi connectivity index (χ3v) is 4.00. The molecule has 0 saturated heterocycles. The lowest BCUT2D eigenvalue weighted by molar-refractivity contribution is -0.0858. The van der Waals surface area contributed by atoms with Gasteiger partial charge in [-0.15, -0.1) is 0 Å². The molecule has 1 saturated carbocycles. The minimum Gasteiger partial charge on any atom is -0.370 e. The molecule has 0 unspecified atom stereocenters. The number of hydrogen-bond acceptors (Lipinski definition) is 6. The minimum atomic E-state index is -0.318. The largest absolute Gasteiger partial charge is 0.370 e. The van der Waals surface area contributed by atoms with E-state index in [1.165, 1.54) is 0 Å². The SMILES string of the molecule is COC1(c2noc([C@H](N)CCSC)n2)CCC1. The molecule has 1 fully saturated rings. The van der Waals surface area contributed by atoms with E-state index in [1.807, 2.05) is 0 Å². The van der Waals surface area contributed by atoms with Gasteiger partial charge in [0, 0.05) is 7.11 Å². The number of aromatic nitrogens is 2. The van der Waals surface area contributed by atoms with Crippen LogP contribution < -0.4 is 5.73 Å². The first-order chi connectivity index (χ1) is 8.22. The first-order valence-electron chi connectivity index (χ1n) is 5.85. The highest BCUT2D eigenvalue weighted by atomic mass is 32.2. The maximum atomic E-state index is 5.99. The van der Waals surface area contributed by atoms with Crippen molar-refractivity contribution in [2.75, 3.05) is 19.1 Å². The van der Waals surface area contributed by atoms with Crippen molar-refractivity contribution in [2.45, 2.75) is 37.3 Å². The fourth-order valence-electron chi connectivity index (χ4n) is 1.96. The van der Waals surface area contributed by atoms with E-state index in [4.69, 9.17) is 15.0 Å². The molecule has 1 aliphatic carbocycles. The Bertz CT molecular complexity index is 360. The molecule has 1 heterocycles. The summed E-state index contributed by atoms with van der Waals surface area (Å²) in [5, 5.41) is 4.01. The quantitative estimate of drug-likeness (QED) is 0.838. The van der Waals surface area contributed by atoms with Gasteiger partial charge in [0.2, 0.25) is 11.7 Å². The van der Waals surface area contributed by atoms with Crippen LogP contribution in [0.1, 0.15) is 43.4 Å². The van der Waals surface area contributed by atoms with Crippen molar-refractivity contribution in [1.29, 1.82) is 0 Å². The standard InChI is InChI=1S/C11H19N3O2S/c1-15-11(5-3-6-11)10-13-9(16-14-10)8(12)4-7-17-2/h8H,3-7,12H2,1-2H3/t8-/m1/s1. The fourth-order valence-corrected chi connectivity index (χ4v) is 2.45. The van der Waals surface area contributed by atoms with Crippen molar-refractivity contribution < 1.29 is 9.26 Å². The second kappa shape index (κ2) is 5.37. The zero-order valence-corrected chi connectivity index (χ0v) is 11.1. The van der Waals surface area contributed by atoms with E-state index in [-0.39, 0.29) is 11.6 Å². The van der Waals surface area contributed by atoms with Crippen molar-refractivity contribution in [3.63, 3.8) is 0 Å². The molecular formula is C11H19N3O2S. The third-order valence-electron chi connectivity index (χ3n) is 3.35. The molecule has 0 radical (unpaired) electrons. The van der Waals surface area contributed by atoms with Crippen molar-refractivity contribution in [3.8, 4) is 0 Å². The van der Waals surface area contributed by atoms with Gasteiger partial charge in [-0.3, -0.25) is 0 Å². The van der Waals surface area contributed by atoms with Crippen molar-refractivity contribution in [3.05, 3.63) is 11.7 Å². The maximum absolute atomic E-state index is 5.99. The van der Waals surface area contributed by atoms with Gasteiger partial charge in [-0.25, -0.2) is 0 Å². The second-order valence-corrected chi connectivity index (χ2v) is 5.38. The summed E-state index contributed by atoms with van der Waals surface area (Å²) in [6.45, 7) is 0. The maximum Gasteiger partial charge on any atom is 0.243 e. The van der Waals surface area contributed by atoms with Gasteiger partial charge in [0.15, 0.2) is 0 Å². The summed E-state index contributed by atoms with van der Waals surface area (Å²) in [5.74, 6) is 2.17. The monoisotopic (exact) mass is 257 g/mol. The van der Waals surface area contributed by atoms with Crippen LogP contribution in [0.4, 0.5) is 0 Å². The van der Waals surface area contributed by atoms with Crippen LogP contribution in [0.5, 0.6) is 0 Å². The Morgan fingerprint density at radius 1 is 1.59 bits per heavy atom. The summed E-state index contributed by atoms with van der Waals surface area (Å²) in [4.78, 5) is 4.39. The lowest BCUT2D eigenvalue weighted by Crippen LogP contribution is -2.37. The number of methoxy groups -OCH3 is 1. The van der Waals surface area contributed by atoms with E-state index in [2.05, 4.69) is 16.4 Å². The highest BCUT2D eigenvalue weighted by molar-refractivity contribution is 7.98. The normalized spacial score (nSPS) is 19.9. The van der Waals surface area contributed by atoms with Gasteiger partial charge in [-0.05, 0) is 37.7 Å². The summed E-state index contributed by atoms with van der Waals surface area (Å²) in [6, 6.07) is -0.169. The van der Waals surface area contributed by atoms with Crippen LogP contribution >= 0.6 is 11.8 Å². The Morgan fingerprint density at radius 2 is 2.35 bits per heavy atom. The first kappa shape index (κ1) is 12.9. The van der Waals surface area contributed by atoms with Gasteiger partial charge in [0.25, 0.3) is 0 Å². The van der Waals surface area contributed by atoms with Crippen LogP contribution in [-0.2, 0) is 10.3 Å². The zero-order valence-electron chi connectivity index (χ0n) is 10.3. The molecule has 5 nitrogen and oxygen atoms in total. The molecule has 96 valence electrons. The van der Waals surface area contributed by atoms with E-state index in [1.54, 1.807) is 18.9 Å². The first-order valence-corrected chi connectivity index (χ1v) is 7.25. The van der Waals surface area contributed by atoms with Gasteiger partial charge in [-0.1, -0.05) is 5.16 Å². The summed E-state index contributed by atoms with van der Waals surface area (Å²) in [7, 11) is 1.70. The fraction of sp³-hybridized carbons (Fsp3) is 0.818. The molecule has 6 heteroatoms. The molecule has 1 aromatic rings. The number of hydrogen-bond donors (Lipinski definition) is 1. The van der Waals surface area contributed by atoms with Crippen LogP contribution in [0, 0.1) is 0 Å². The number of nitrogens with zero attached hydrogens (tertiary/aromatic N) is 2. The predicted molar refractivity (Wildman–Crippen MR) is 66.8 cm³/mol. The molecule has 0 aliphatic heterocycles. The van der Waals surface area contributed by atoms with E-state index < -0.39 is 0 Å². The van der Waals surface area contributed by atoms with Gasteiger partial charge >= 0.3 is 0 Å². The van der Waals surface area contributed by atoms with Crippen LogP contribution in [-0.4, -0.2) is 29.3 Å². The number of nitrogens with two attached hydrogens (primary N) is 1. The van der Waals surface area contributed by atoms with Crippen molar-refractivity contribution >= 4 is 11.8 Å². The Balaban J connectivity index is 2.05. The topological polar surface area (TPSA) is 74.2 Å². The van der Waals surface area contributed by atoms with Gasteiger partial charge in [0.1, 0.15) is 5.60 Å². The third kappa shape index (κ3) is 2.48. The summed E-state index contributed by atoms with van der Waals surface area (Å²) in [5.41, 5.74) is 5.67. The molecule has 0 bridgehead atoms. The van der Waals surface area contributed by atoms with Gasteiger partial charge in [-0.2, -0.15) is 16.7 Å². The number of rotatable bonds is 6. The molecule has 0 spiro atoms. The molecule has 0 amide bonds. The highest BCUT2D eigenvalue weighted by Gasteiger charge is 2.43. The lowest BCUT2D eigenvalue weighted by atomic mass is 9.79. The van der Waals surface area contributed by atoms with Crippen LogP contribution in [0.25, 0.3) is 0 Å². The molecule has 17 heavy (non-hydrogen) atoms. The minimum absolute atomic E-state index is 0.169. The zero-order chi connectivity index (χ0) is 12.3. The van der Waals surface area contributed by atoms with Crippen LogP contribution in [0.3, 0.4) is 0 Å². The average molecular weight is 257 g/mol. The summed E-state index contributed by atoms with van der Waals surface area (Å²) >= 11 is 1.76. The van der Waals surface area contributed by atoms with Crippen LogP contribution in [0.15, 0.2) is 4.52 Å². The molecule has 1 aromatic heterocycles. The molecule has 2 N–H and O–H groups in total. The lowest BCUT2D eigenvalue weighted by Gasteiger charge is -2.37. The van der Waals surface area contributed by atoms with E-state index in [0.29, 0.717) is 11.7 Å². The Hall–Kier alpha value is -0.590. The number of thioether (sulfide) groups is 1.